The Hall–Kier alpha value is -2.48. The van der Waals surface area contributed by atoms with E-state index in [1.54, 1.807) is 29.8 Å². The monoisotopic (exact) mass is 240 g/mol. The first-order valence-electron chi connectivity index (χ1n) is 5.50. The molecule has 90 valence electrons. The summed E-state index contributed by atoms with van der Waals surface area (Å²) in [6.45, 7) is 4.05. The molecule has 0 spiro atoms. The maximum absolute atomic E-state index is 11.8. The molecule has 0 amide bonds. The van der Waals surface area contributed by atoms with Gasteiger partial charge in [-0.2, -0.15) is 10.2 Å². The Morgan fingerprint density at radius 3 is 2.83 bits per heavy atom. The van der Waals surface area contributed by atoms with Gasteiger partial charge in [-0.25, -0.2) is 9.78 Å². The summed E-state index contributed by atoms with van der Waals surface area (Å²) in [5.74, 6) is 0. The first kappa shape index (κ1) is 12.0. The van der Waals surface area contributed by atoms with Gasteiger partial charge in [-0.15, -0.1) is 0 Å². The Balaban J connectivity index is 2.41. The fourth-order valence-corrected chi connectivity index (χ4v) is 1.78. The minimum atomic E-state index is -0.275. The summed E-state index contributed by atoms with van der Waals surface area (Å²) in [6, 6.07) is 7.29. The molecule has 18 heavy (non-hydrogen) atoms. The smallest absolute Gasteiger partial charge is 0.292 e. The number of hydrogen-bond donors (Lipinski definition) is 0. The lowest BCUT2D eigenvalue weighted by molar-refractivity contribution is 0.693. The van der Waals surface area contributed by atoms with Gasteiger partial charge in [0.1, 0.15) is 11.8 Å². The van der Waals surface area contributed by atoms with Gasteiger partial charge in [-0.3, -0.25) is 4.57 Å². The highest BCUT2D eigenvalue weighted by atomic mass is 16.1. The highest BCUT2D eigenvalue weighted by molar-refractivity contribution is 5.26. The van der Waals surface area contributed by atoms with Crippen molar-refractivity contribution in [3.05, 3.63) is 57.5 Å². The fourth-order valence-electron chi connectivity index (χ4n) is 1.78. The Morgan fingerprint density at radius 2 is 2.17 bits per heavy atom. The Kier molecular flexibility index (Phi) is 3.20. The number of pyridine rings is 1. The molecule has 0 fully saturated rings. The summed E-state index contributed by atoms with van der Waals surface area (Å²) in [5.41, 5.74) is 2.49. The Labute approximate surface area is 104 Å². The molecule has 0 aromatic carbocycles. The molecule has 5 heteroatoms. The van der Waals surface area contributed by atoms with Crippen LogP contribution < -0.4 is 5.69 Å². The number of hydrogen-bond acceptors (Lipinski definition) is 4. The number of aromatic nitrogens is 3. The van der Waals surface area contributed by atoms with Crippen LogP contribution in [0.4, 0.5) is 0 Å². The van der Waals surface area contributed by atoms with Gasteiger partial charge >= 0.3 is 5.69 Å². The van der Waals surface area contributed by atoms with Crippen molar-refractivity contribution in [2.24, 2.45) is 0 Å². The number of rotatable bonds is 2. The maximum Gasteiger partial charge on any atom is 0.348 e. The molecule has 0 atom stereocenters. The normalized spacial score (nSPS) is 10.1. The second kappa shape index (κ2) is 4.80. The lowest BCUT2D eigenvalue weighted by Gasteiger charge is -2.09. The second-order valence-electron chi connectivity index (χ2n) is 4.07. The van der Waals surface area contributed by atoms with Crippen molar-refractivity contribution in [1.29, 1.82) is 5.26 Å². The molecule has 0 aliphatic carbocycles. The molecule has 2 rings (SSSR count). The van der Waals surface area contributed by atoms with Crippen molar-refractivity contribution in [3.8, 4) is 6.07 Å². The van der Waals surface area contributed by atoms with E-state index in [2.05, 4.69) is 9.97 Å². The average Bonchev–Trinajstić information content (AvgIpc) is 2.34. The van der Waals surface area contributed by atoms with Gasteiger partial charge in [0.05, 0.1) is 6.54 Å². The van der Waals surface area contributed by atoms with Crippen LogP contribution in [0.3, 0.4) is 0 Å². The Morgan fingerprint density at radius 1 is 1.39 bits per heavy atom. The van der Waals surface area contributed by atoms with Crippen LogP contribution in [0.5, 0.6) is 0 Å². The second-order valence-corrected chi connectivity index (χ2v) is 4.07. The van der Waals surface area contributed by atoms with E-state index in [4.69, 9.17) is 5.26 Å². The van der Waals surface area contributed by atoms with E-state index in [-0.39, 0.29) is 5.69 Å². The van der Waals surface area contributed by atoms with Gasteiger partial charge in [0, 0.05) is 17.6 Å². The van der Waals surface area contributed by atoms with Gasteiger partial charge in [0.15, 0.2) is 0 Å². The van der Waals surface area contributed by atoms with Crippen molar-refractivity contribution in [2.45, 2.75) is 20.4 Å². The molecule has 0 saturated heterocycles. The van der Waals surface area contributed by atoms with Gasteiger partial charge in [0.25, 0.3) is 0 Å². The zero-order chi connectivity index (χ0) is 13.1. The third kappa shape index (κ3) is 2.43. The zero-order valence-electron chi connectivity index (χ0n) is 10.2. The third-order valence-electron chi connectivity index (χ3n) is 2.63. The van der Waals surface area contributed by atoms with Crippen LogP contribution in [0.25, 0.3) is 0 Å². The highest BCUT2D eigenvalue weighted by Gasteiger charge is 2.04. The van der Waals surface area contributed by atoms with E-state index in [0.717, 1.165) is 11.3 Å². The molecule has 2 aromatic rings. The summed E-state index contributed by atoms with van der Waals surface area (Å²) >= 11 is 0. The molecular weight excluding hydrogens is 228 g/mol. The molecule has 2 heterocycles. The predicted molar refractivity (Wildman–Crippen MR) is 66.0 cm³/mol. The number of aryl methyl sites for hydroxylation is 2. The first-order valence-corrected chi connectivity index (χ1v) is 5.50. The van der Waals surface area contributed by atoms with Crippen LogP contribution in [0.1, 0.15) is 22.6 Å². The molecule has 0 unspecified atom stereocenters. The largest absolute Gasteiger partial charge is 0.348 e. The molecular formula is C13H12N4O. The lowest BCUT2D eigenvalue weighted by atomic mass is 10.2. The van der Waals surface area contributed by atoms with E-state index < -0.39 is 0 Å². The maximum atomic E-state index is 11.8. The van der Waals surface area contributed by atoms with Crippen LogP contribution in [0.15, 0.2) is 29.2 Å². The van der Waals surface area contributed by atoms with E-state index in [1.165, 1.54) is 0 Å². The van der Waals surface area contributed by atoms with Gasteiger partial charge in [0.2, 0.25) is 0 Å². The molecule has 2 aromatic heterocycles. The molecule has 5 nitrogen and oxygen atoms in total. The average molecular weight is 240 g/mol. The topological polar surface area (TPSA) is 71.6 Å². The molecule has 0 N–H and O–H groups in total. The van der Waals surface area contributed by atoms with Gasteiger partial charge in [-0.1, -0.05) is 0 Å². The first-order chi connectivity index (χ1) is 8.60. The summed E-state index contributed by atoms with van der Waals surface area (Å²) in [6.07, 6.45) is 1.57. The summed E-state index contributed by atoms with van der Waals surface area (Å²) in [4.78, 5) is 19.6. The quantitative estimate of drug-likeness (QED) is 0.790. The Bertz CT molecular complexity index is 682. The van der Waals surface area contributed by atoms with Crippen LogP contribution in [-0.4, -0.2) is 14.5 Å². The zero-order valence-corrected chi connectivity index (χ0v) is 10.2. The van der Waals surface area contributed by atoms with Crippen LogP contribution in [0.2, 0.25) is 0 Å². The lowest BCUT2D eigenvalue weighted by Crippen LogP contribution is -2.26. The molecule has 0 saturated carbocycles. The third-order valence-corrected chi connectivity index (χ3v) is 2.63. The van der Waals surface area contributed by atoms with E-state index >= 15 is 0 Å². The van der Waals surface area contributed by atoms with Gasteiger partial charge in [-0.05, 0) is 37.6 Å². The van der Waals surface area contributed by atoms with Crippen molar-refractivity contribution in [1.82, 2.24) is 14.5 Å². The highest BCUT2D eigenvalue weighted by Crippen LogP contribution is 2.05. The fraction of sp³-hybridized carbons (Fsp3) is 0.231. The molecule has 0 radical (unpaired) electrons. The van der Waals surface area contributed by atoms with E-state index in [1.807, 2.05) is 19.1 Å². The van der Waals surface area contributed by atoms with Crippen molar-refractivity contribution < 1.29 is 0 Å². The van der Waals surface area contributed by atoms with E-state index in [9.17, 15) is 4.79 Å². The van der Waals surface area contributed by atoms with Crippen molar-refractivity contribution in [2.75, 3.05) is 0 Å². The summed E-state index contributed by atoms with van der Waals surface area (Å²) in [5, 5.41) is 8.78. The minimum Gasteiger partial charge on any atom is -0.292 e. The number of nitrogens with zero attached hydrogens (tertiary/aromatic N) is 4. The summed E-state index contributed by atoms with van der Waals surface area (Å²) in [7, 11) is 0. The minimum absolute atomic E-state index is 0.275. The van der Waals surface area contributed by atoms with Crippen molar-refractivity contribution >= 4 is 0 Å². The molecule has 0 aliphatic rings. The van der Waals surface area contributed by atoms with Crippen LogP contribution in [0, 0.1) is 25.2 Å². The molecule has 0 bridgehead atoms. The summed E-state index contributed by atoms with van der Waals surface area (Å²) < 4.78 is 1.57. The SMILES string of the molecule is Cc1cc(C)n(Cc2ccnc(C#N)c2)c(=O)n1. The number of nitriles is 1. The standard InChI is InChI=1S/C13H12N4O/c1-9-5-10(2)17(13(18)16-9)8-11-3-4-15-12(6-11)7-14/h3-6H,8H2,1-2H3. The van der Waals surface area contributed by atoms with Crippen LogP contribution >= 0.6 is 0 Å². The van der Waals surface area contributed by atoms with E-state index in [0.29, 0.717) is 17.9 Å². The van der Waals surface area contributed by atoms with Gasteiger partial charge < -0.3 is 0 Å². The van der Waals surface area contributed by atoms with Crippen LogP contribution in [-0.2, 0) is 6.54 Å². The van der Waals surface area contributed by atoms with Crippen molar-refractivity contribution in [3.63, 3.8) is 0 Å². The molecule has 0 aliphatic heterocycles. The predicted octanol–water partition coefficient (Wildman–Crippen LogP) is 1.18.